The fourth-order valence-corrected chi connectivity index (χ4v) is 4.47. The van der Waals surface area contributed by atoms with E-state index in [4.69, 9.17) is 4.74 Å². The number of esters is 1. The highest BCUT2D eigenvalue weighted by molar-refractivity contribution is 5.96. The van der Waals surface area contributed by atoms with Crippen LogP contribution in [-0.2, 0) is 24.5 Å². The average molecular weight is 430 g/mol. The highest BCUT2D eigenvalue weighted by Gasteiger charge is 2.45. The van der Waals surface area contributed by atoms with Gasteiger partial charge in [-0.2, -0.15) is 0 Å². The van der Waals surface area contributed by atoms with Crippen molar-refractivity contribution in [2.75, 3.05) is 19.7 Å². The van der Waals surface area contributed by atoms with Gasteiger partial charge in [0, 0.05) is 26.1 Å². The van der Waals surface area contributed by atoms with Crippen LogP contribution in [0.3, 0.4) is 0 Å². The first-order valence-corrected chi connectivity index (χ1v) is 11.0. The lowest BCUT2D eigenvalue weighted by Gasteiger charge is -2.40. The molecule has 1 saturated carbocycles. The number of ether oxygens (including phenoxy) is 1. The second kappa shape index (κ2) is 10.4. The van der Waals surface area contributed by atoms with Crippen LogP contribution in [0.1, 0.15) is 57.4 Å². The largest absolute Gasteiger partial charge is 0.455 e. The predicted molar refractivity (Wildman–Crippen MR) is 114 cm³/mol. The van der Waals surface area contributed by atoms with Crippen LogP contribution < -0.4 is 10.6 Å². The maximum Gasteiger partial charge on any atom is 0.321 e. The Balaban J connectivity index is 1.57. The Kier molecular flexibility index (Phi) is 7.65. The summed E-state index contributed by atoms with van der Waals surface area (Å²) in [5.74, 6) is -1.20. The summed E-state index contributed by atoms with van der Waals surface area (Å²) in [5, 5.41) is 5.04. The third-order valence-electron chi connectivity index (χ3n) is 6.31. The van der Waals surface area contributed by atoms with E-state index in [1.165, 1.54) is 13.3 Å². The van der Waals surface area contributed by atoms with Crippen LogP contribution in [0.4, 0.5) is 4.79 Å². The third-order valence-corrected chi connectivity index (χ3v) is 6.31. The number of piperidine rings is 1. The number of imide groups is 1. The first-order chi connectivity index (χ1) is 14.9. The molecule has 0 atom stereocenters. The summed E-state index contributed by atoms with van der Waals surface area (Å²) >= 11 is 0. The molecule has 4 amide bonds. The second-order valence-corrected chi connectivity index (χ2v) is 8.39. The molecule has 0 radical (unpaired) electrons. The van der Waals surface area contributed by atoms with Crippen molar-refractivity contribution in [2.24, 2.45) is 0 Å². The van der Waals surface area contributed by atoms with Crippen molar-refractivity contribution in [3.63, 3.8) is 0 Å². The Bertz CT molecular complexity index is 797. The van der Waals surface area contributed by atoms with Gasteiger partial charge in [0.2, 0.25) is 5.91 Å². The molecular formula is C23H31N3O5. The maximum atomic E-state index is 13.1. The minimum atomic E-state index is -0.919. The van der Waals surface area contributed by atoms with E-state index in [1.54, 1.807) is 4.90 Å². The number of rotatable bonds is 5. The van der Waals surface area contributed by atoms with Crippen molar-refractivity contribution in [1.82, 2.24) is 15.5 Å². The molecule has 2 N–H and O–H groups in total. The molecule has 2 fully saturated rings. The van der Waals surface area contributed by atoms with Crippen LogP contribution >= 0.6 is 0 Å². The lowest BCUT2D eigenvalue weighted by Crippen LogP contribution is -2.50. The molecule has 0 bridgehead atoms. The highest BCUT2D eigenvalue weighted by Crippen LogP contribution is 2.37. The van der Waals surface area contributed by atoms with Gasteiger partial charge in [-0.15, -0.1) is 0 Å². The van der Waals surface area contributed by atoms with Crippen molar-refractivity contribution in [2.45, 2.75) is 63.3 Å². The molecule has 1 heterocycles. The molecule has 31 heavy (non-hydrogen) atoms. The van der Waals surface area contributed by atoms with Gasteiger partial charge in [-0.1, -0.05) is 49.6 Å². The summed E-state index contributed by atoms with van der Waals surface area (Å²) in [5.41, 5.74) is -0.114. The Hall–Kier alpha value is -2.90. The number of hydrogen-bond donors (Lipinski definition) is 2. The molecular weight excluding hydrogens is 398 g/mol. The van der Waals surface area contributed by atoms with Gasteiger partial charge in [0.05, 0.1) is 5.41 Å². The van der Waals surface area contributed by atoms with Crippen molar-refractivity contribution in [3.05, 3.63) is 35.9 Å². The first-order valence-electron chi connectivity index (χ1n) is 11.0. The summed E-state index contributed by atoms with van der Waals surface area (Å²) in [6.07, 6.45) is 5.96. The third kappa shape index (κ3) is 5.83. The highest BCUT2D eigenvalue weighted by atomic mass is 16.5. The van der Waals surface area contributed by atoms with Crippen LogP contribution in [-0.4, -0.2) is 54.5 Å². The topological polar surface area (TPSA) is 105 Å². The normalized spacial score (nSPS) is 18.7. The number of carbonyl (C=O) groups is 4. The zero-order chi connectivity index (χ0) is 22.3. The van der Waals surface area contributed by atoms with Gasteiger partial charge in [0.15, 0.2) is 6.61 Å². The smallest absolute Gasteiger partial charge is 0.321 e. The molecule has 0 unspecified atom stereocenters. The molecule has 1 aliphatic carbocycles. The molecule has 1 saturated heterocycles. The van der Waals surface area contributed by atoms with E-state index in [0.717, 1.165) is 31.2 Å². The van der Waals surface area contributed by atoms with Crippen LogP contribution in [0.15, 0.2) is 30.3 Å². The van der Waals surface area contributed by atoms with Crippen LogP contribution in [0.5, 0.6) is 0 Å². The predicted octanol–water partition coefficient (Wildman–Crippen LogP) is 2.27. The summed E-state index contributed by atoms with van der Waals surface area (Å²) in [6, 6.07) is 8.82. The monoisotopic (exact) mass is 429 g/mol. The summed E-state index contributed by atoms with van der Waals surface area (Å²) < 4.78 is 5.35. The molecule has 1 aromatic rings. The minimum absolute atomic E-state index is 0.0293. The lowest BCUT2D eigenvalue weighted by atomic mass is 9.72. The Morgan fingerprint density at radius 3 is 2.29 bits per heavy atom. The number of urea groups is 1. The van der Waals surface area contributed by atoms with Gasteiger partial charge in [0.25, 0.3) is 5.91 Å². The van der Waals surface area contributed by atoms with Crippen molar-refractivity contribution in [3.8, 4) is 0 Å². The van der Waals surface area contributed by atoms with E-state index in [2.05, 4.69) is 10.6 Å². The van der Waals surface area contributed by atoms with Crippen LogP contribution in [0, 0.1) is 0 Å². The van der Waals surface area contributed by atoms with E-state index in [1.807, 2.05) is 30.3 Å². The molecule has 1 aliphatic heterocycles. The average Bonchev–Trinajstić information content (AvgIpc) is 2.78. The number of hydrogen-bond acceptors (Lipinski definition) is 5. The van der Waals surface area contributed by atoms with E-state index in [9.17, 15) is 19.2 Å². The zero-order valence-electron chi connectivity index (χ0n) is 18.0. The number of nitrogens with zero attached hydrogens (tertiary/aromatic N) is 1. The van der Waals surface area contributed by atoms with Crippen molar-refractivity contribution in [1.29, 1.82) is 0 Å². The Labute approximate surface area is 182 Å². The zero-order valence-corrected chi connectivity index (χ0v) is 18.0. The maximum absolute atomic E-state index is 13.1. The van der Waals surface area contributed by atoms with Gasteiger partial charge in [-0.25, -0.2) is 4.79 Å². The van der Waals surface area contributed by atoms with E-state index >= 15 is 0 Å². The quantitative estimate of drug-likeness (QED) is 0.699. The molecule has 3 rings (SSSR count). The van der Waals surface area contributed by atoms with Gasteiger partial charge < -0.3 is 15.0 Å². The molecule has 8 nitrogen and oxygen atoms in total. The number of carbonyl (C=O) groups excluding carboxylic acids is 4. The second-order valence-electron chi connectivity index (χ2n) is 8.39. The SMILES string of the molecule is CC(=O)N1CCC(C(=O)OCC(=O)NC(=O)NC2CCCCC2)(c2ccccc2)CC1. The molecule has 1 aromatic carbocycles. The molecule has 8 heteroatoms. The van der Waals surface area contributed by atoms with Gasteiger partial charge >= 0.3 is 12.0 Å². The van der Waals surface area contributed by atoms with Crippen molar-refractivity contribution >= 4 is 23.8 Å². The summed E-state index contributed by atoms with van der Waals surface area (Å²) in [4.78, 5) is 50.7. The Morgan fingerprint density at radius 1 is 1.03 bits per heavy atom. The number of likely N-dealkylation sites (tertiary alicyclic amines) is 1. The first kappa shape index (κ1) is 22.8. The van der Waals surface area contributed by atoms with E-state index in [0.29, 0.717) is 25.9 Å². The van der Waals surface area contributed by atoms with Gasteiger partial charge in [0.1, 0.15) is 0 Å². The lowest BCUT2D eigenvalue weighted by molar-refractivity contribution is -0.157. The molecule has 2 aliphatic rings. The van der Waals surface area contributed by atoms with E-state index < -0.39 is 29.9 Å². The summed E-state index contributed by atoms with van der Waals surface area (Å²) in [6.45, 7) is 1.86. The molecule has 0 spiro atoms. The van der Waals surface area contributed by atoms with Crippen LogP contribution in [0.2, 0.25) is 0 Å². The minimum Gasteiger partial charge on any atom is -0.455 e. The fraction of sp³-hybridized carbons (Fsp3) is 0.565. The van der Waals surface area contributed by atoms with Crippen LogP contribution in [0.25, 0.3) is 0 Å². The van der Waals surface area contributed by atoms with Crippen molar-refractivity contribution < 1.29 is 23.9 Å². The molecule has 0 aromatic heterocycles. The number of amides is 4. The van der Waals surface area contributed by atoms with Gasteiger partial charge in [-0.3, -0.25) is 19.7 Å². The van der Waals surface area contributed by atoms with E-state index in [-0.39, 0.29) is 11.9 Å². The summed E-state index contributed by atoms with van der Waals surface area (Å²) in [7, 11) is 0. The van der Waals surface area contributed by atoms with Gasteiger partial charge in [-0.05, 0) is 31.2 Å². The number of benzene rings is 1. The molecule has 168 valence electrons. The fourth-order valence-electron chi connectivity index (χ4n) is 4.47. The number of nitrogens with one attached hydrogen (secondary N) is 2. The standard InChI is InChI=1S/C23H31N3O5/c1-17(27)26-14-12-23(13-15-26,18-8-4-2-5-9-18)21(29)31-16-20(28)25-22(30)24-19-10-6-3-7-11-19/h2,4-5,8-9,19H,3,6-7,10-16H2,1H3,(H2,24,25,28,30). The Morgan fingerprint density at radius 2 is 1.68 bits per heavy atom.